The normalized spacial score (nSPS) is 21.8. The van der Waals surface area contributed by atoms with E-state index < -0.39 is 5.60 Å². The van der Waals surface area contributed by atoms with Gasteiger partial charge in [-0.2, -0.15) is 0 Å². The Hall–Kier alpha value is -2.18. The predicted molar refractivity (Wildman–Crippen MR) is 92.7 cm³/mol. The molecule has 1 aliphatic rings. The Morgan fingerprint density at radius 1 is 1.42 bits per heavy atom. The van der Waals surface area contributed by atoms with Crippen LogP contribution in [0.1, 0.15) is 24.8 Å². The fourth-order valence-electron chi connectivity index (χ4n) is 3.42. The molecule has 6 heteroatoms. The number of benzene rings is 1. The third-order valence-corrected chi connectivity index (χ3v) is 4.63. The first-order chi connectivity index (χ1) is 11.5. The maximum atomic E-state index is 12.3. The lowest BCUT2D eigenvalue weighted by Crippen LogP contribution is -2.50. The number of hydrogen-bond donors (Lipinski definition) is 3. The van der Waals surface area contributed by atoms with Gasteiger partial charge in [0.15, 0.2) is 0 Å². The van der Waals surface area contributed by atoms with Crippen LogP contribution in [0.3, 0.4) is 0 Å². The molecule has 1 aromatic carbocycles. The van der Waals surface area contributed by atoms with E-state index in [2.05, 4.69) is 10.3 Å². The molecule has 2 aromatic rings. The Kier molecular flexibility index (Phi) is 4.69. The van der Waals surface area contributed by atoms with Gasteiger partial charge in [0.1, 0.15) is 0 Å². The first-order valence-electron chi connectivity index (χ1n) is 8.25. The summed E-state index contributed by atoms with van der Waals surface area (Å²) in [7, 11) is 1.57. The fraction of sp³-hybridized carbons (Fsp3) is 0.444. The number of nitrogens with zero attached hydrogens (tertiary/aromatic N) is 1. The molecule has 1 aromatic heterocycles. The van der Waals surface area contributed by atoms with E-state index >= 15 is 0 Å². The maximum Gasteiger partial charge on any atom is 0.252 e. The number of carbonyl (C=O) groups is 1. The molecule has 1 aliphatic heterocycles. The van der Waals surface area contributed by atoms with E-state index in [9.17, 15) is 14.7 Å². The Labute approximate surface area is 140 Å². The number of aromatic amines is 1. The van der Waals surface area contributed by atoms with Crippen LogP contribution in [0.15, 0.2) is 35.1 Å². The third kappa shape index (κ3) is 3.66. The zero-order valence-electron chi connectivity index (χ0n) is 13.8. The number of amides is 1. The predicted octanol–water partition coefficient (Wildman–Crippen LogP) is 0.991. The summed E-state index contributed by atoms with van der Waals surface area (Å²) < 4.78 is 0. The summed E-state index contributed by atoms with van der Waals surface area (Å²) in [6.07, 6.45) is 1.50. The van der Waals surface area contributed by atoms with Crippen LogP contribution < -0.4 is 10.9 Å². The number of likely N-dealkylation sites (tertiary alicyclic amines) is 1. The highest BCUT2D eigenvalue weighted by Gasteiger charge is 2.35. The zero-order chi connectivity index (χ0) is 17.2. The topological polar surface area (TPSA) is 85.4 Å². The van der Waals surface area contributed by atoms with Crippen molar-refractivity contribution in [2.24, 2.45) is 0 Å². The van der Waals surface area contributed by atoms with Gasteiger partial charge in [-0.3, -0.25) is 14.5 Å². The Morgan fingerprint density at radius 2 is 2.21 bits per heavy atom. The molecular weight excluding hydrogens is 306 g/mol. The van der Waals surface area contributed by atoms with Gasteiger partial charge in [0.2, 0.25) is 5.91 Å². The number of carbonyl (C=O) groups excluding carboxylic acids is 1. The number of para-hydroxylation sites is 1. The summed E-state index contributed by atoms with van der Waals surface area (Å²) in [5, 5.41) is 14.2. The van der Waals surface area contributed by atoms with E-state index in [4.69, 9.17) is 0 Å². The number of rotatable bonds is 4. The fourth-order valence-corrected chi connectivity index (χ4v) is 3.42. The molecule has 0 aliphatic carbocycles. The number of fused-ring (bicyclic) bond motifs is 1. The largest absolute Gasteiger partial charge is 0.388 e. The van der Waals surface area contributed by atoms with Gasteiger partial charge in [0.25, 0.3) is 5.56 Å². The van der Waals surface area contributed by atoms with Gasteiger partial charge in [-0.15, -0.1) is 0 Å². The van der Waals surface area contributed by atoms with Crippen LogP contribution in [0.25, 0.3) is 10.9 Å². The van der Waals surface area contributed by atoms with Crippen molar-refractivity contribution in [1.29, 1.82) is 0 Å². The molecule has 24 heavy (non-hydrogen) atoms. The molecule has 1 unspecified atom stereocenters. The van der Waals surface area contributed by atoms with Gasteiger partial charge < -0.3 is 15.4 Å². The number of aliphatic hydroxyl groups is 1. The van der Waals surface area contributed by atoms with Gasteiger partial charge in [0.05, 0.1) is 12.0 Å². The first-order valence-corrected chi connectivity index (χ1v) is 8.25. The molecule has 1 fully saturated rings. The molecule has 0 bridgehead atoms. The molecule has 128 valence electrons. The highest BCUT2D eigenvalue weighted by Crippen LogP contribution is 2.25. The van der Waals surface area contributed by atoms with Crippen LogP contribution in [-0.2, 0) is 11.3 Å². The number of β-amino-alcohol motifs (C(OH)–C–C–N with tert-alkyl or cyclic N) is 1. The van der Waals surface area contributed by atoms with Gasteiger partial charge in [-0.05, 0) is 36.9 Å². The van der Waals surface area contributed by atoms with Gasteiger partial charge in [0, 0.05) is 31.2 Å². The number of nitrogens with one attached hydrogen (secondary N) is 2. The number of aromatic nitrogens is 1. The minimum absolute atomic E-state index is 0.0913. The van der Waals surface area contributed by atoms with Crippen molar-refractivity contribution in [1.82, 2.24) is 15.2 Å². The molecule has 6 nitrogen and oxygen atoms in total. The van der Waals surface area contributed by atoms with Crippen LogP contribution in [0.4, 0.5) is 0 Å². The first kappa shape index (κ1) is 16.7. The molecule has 1 saturated heterocycles. The van der Waals surface area contributed by atoms with Crippen LogP contribution in [0.2, 0.25) is 0 Å². The van der Waals surface area contributed by atoms with E-state index in [0.717, 1.165) is 23.9 Å². The van der Waals surface area contributed by atoms with Crippen LogP contribution >= 0.6 is 0 Å². The lowest BCUT2D eigenvalue weighted by Gasteiger charge is -2.38. The van der Waals surface area contributed by atoms with Crippen molar-refractivity contribution in [3.63, 3.8) is 0 Å². The highest BCUT2D eigenvalue weighted by atomic mass is 16.3. The highest BCUT2D eigenvalue weighted by molar-refractivity contribution is 5.78. The molecule has 1 amide bonds. The lowest BCUT2D eigenvalue weighted by atomic mass is 9.89. The number of pyridine rings is 1. The summed E-state index contributed by atoms with van der Waals surface area (Å²) in [5.41, 5.74) is 0.370. The van der Waals surface area contributed by atoms with Crippen molar-refractivity contribution in [2.45, 2.75) is 31.4 Å². The SMILES string of the molecule is CNC(=O)CC1(O)CCCN(Cc2cc3ccccc3[nH]c2=O)C1. The van der Waals surface area contributed by atoms with Gasteiger partial charge >= 0.3 is 0 Å². The minimum Gasteiger partial charge on any atom is -0.388 e. The zero-order valence-corrected chi connectivity index (χ0v) is 13.8. The number of piperidine rings is 1. The molecule has 0 radical (unpaired) electrons. The van der Waals surface area contributed by atoms with Gasteiger partial charge in [-0.1, -0.05) is 18.2 Å². The minimum atomic E-state index is -1.03. The van der Waals surface area contributed by atoms with E-state index in [0.29, 0.717) is 25.1 Å². The summed E-state index contributed by atoms with van der Waals surface area (Å²) >= 11 is 0. The van der Waals surface area contributed by atoms with Crippen LogP contribution in [0, 0.1) is 0 Å². The lowest BCUT2D eigenvalue weighted by molar-refractivity contribution is -0.128. The standard InChI is InChI=1S/C18H23N3O3/c1-19-16(22)10-18(24)7-4-8-21(12-18)11-14-9-13-5-2-3-6-15(13)20-17(14)23/h2-3,5-6,9,24H,4,7-8,10-12H2,1H3,(H,19,22)(H,20,23). The molecule has 1 atom stereocenters. The van der Waals surface area contributed by atoms with Crippen LogP contribution in [-0.4, -0.2) is 46.6 Å². The number of hydrogen-bond acceptors (Lipinski definition) is 4. The Bertz CT molecular complexity index is 801. The molecule has 3 rings (SSSR count). The monoisotopic (exact) mass is 329 g/mol. The Balaban J connectivity index is 1.77. The summed E-state index contributed by atoms with van der Waals surface area (Å²) in [5.74, 6) is -0.164. The van der Waals surface area contributed by atoms with Crippen molar-refractivity contribution >= 4 is 16.8 Å². The molecule has 2 heterocycles. The molecule has 3 N–H and O–H groups in total. The second kappa shape index (κ2) is 6.75. The van der Waals surface area contributed by atoms with E-state index in [-0.39, 0.29) is 17.9 Å². The maximum absolute atomic E-state index is 12.3. The molecular formula is C18H23N3O3. The van der Waals surface area contributed by atoms with E-state index in [1.54, 1.807) is 7.05 Å². The van der Waals surface area contributed by atoms with Crippen molar-refractivity contribution in [3.05, 3.63) is 46.2 Å². The summed E-state index contributed by atoms with van der Waals surface area (Å²) in [6.45, 7) is 1.67. The van der Waals surface area contributed by atoms with E-state index in [1.165, 1.54) is 0 Å². The summed E-state index contributed by atoms with van der Waals surface area (Å²) in [6, 6.07) is 9.58. The quantitative estimate of drug-likeness (QED) is 0.781. The summed E-state index contributed by atoms with van der Waals surface area (Å²) in [4.78, 5) is 28.8. The van der Waals surface area contributed by atoms with Gasteiger partial charge in [-0.25, -0.2) is 0 Å². The second-order valence-electron chi connectivity index (χ2n) is 6.60. The smallest absolute Gasteiger partial charge is 0.252 e. The van der Waals surface area contributed by atoms with Crippen molar-refractivity contribution in [3.8, 4) is 0 Å². The average molecular weight is 329 g/mol. The number of H-pyrrole nitrogens is 1. The van der Waals surface area contributed by atoms with E-state index in [1.807, 2.05) is 35.2 Å². The Morgan fingerprint density at radius 3 is 3.00 bits per heavy atom. The van der Waals surface area contributed by atoms with Crippen molar-refractivity contribution in [2.75, 3.05) is 20.1 Å². The molecule has 0 spiro atoms. The third-order valence-electron chi connectivity index (χ3n) is 4.63. The van der Waals surface area contributed by atoms with Crippen LogP contribution in [0.5, 0.6) is 0 Å². The van der Waals surface area contributed by atoms with Crippen molar-refractivity contribution < 1.29 is 9.90 Å². The average Bonchev–Trinajstić information content (AvgIpc) is 2.55. The second-order valence-corrected chi connectivity index (χ2v) is 6.60. The molecule has 0 saturated carbocycles.